The number of halogens is 1. The van der Waals surface area contributed by atoms with Crippen LogP contribution in [0.1, 0.15) is 30.5 Å². The average Bonchev–Trinajstić information content (AvgIpc) is 2.48. The molecule has 1 atom stereocenters. The summed E-state index contributed by atoms with van der Waals surface area (Å²) in [4.78, 5) is 8.25. The Bertz CT molecular complexity index is 562. The zero-order valence-electron chi connectivity index (χ0n) is 11.6. The maximum Gasteiger partial charge on any atom is 0.137 e. The number of hydrogen-bond acceptors (Lipinski definition) is 4. The van der Waals surface area contributed by atoms with Crippen LogP contribution in [0.2, 0.25) is 5.02 Å². The second-order valence-electron chi connectivity index (χ2n) is 4.42. The lowest BCUT2D eigenvalue weighted by Gasteiger charge is -2.18. The van der Waals surface area contributed by atoms with E-state index in [1.807, 2.05) is 25.4 Å². The molecule has 1 N–H and O–H groups in total. The van der Waals surface area contributed by atoms with Crippen LogP contribution >= 0.6 is 11.6 Å². The molecule has 0 aliphatic carbocycles. The molecule has 0 spiro atoms. The third-order valence-electron chi connectivity index (χ3n) is 2.94. The molecule has 0 aliphatic heterocycles. The third kappa shape index (κ3) is 3.46. The second-order valence-corrected chi connectivity index (χ2v) is 4.83. The van der Waals surface area contributed by atoms with E-state index in [9.17, 15) is 0 Å². The standard InChI is InChI=1S/C15H18ClN3O/c1-3-6-20-12-7-11(8-19-9-12)15(17-2)13-4-5-18-10-14(13)16/h4-5,7-10,15,17H,3,6H2,1-2H3. The van der Waals surface area contributed by atoms with Gasteiger partial charge in [-0.1, -0.05) is 18.5 Å². The molecule has 0 bridgehead atoms. The van der Waals surface area contributed by atoms with Crippen molar-refractivity contribution in [2.75, 3.05) is 13.7 Å². The quantitative estimate of drug-likeness (QED) is 0.888. The van der Waals surface area contributed by atoms with Crippen LogP contribution in [0.3, 0.4) is 0 Å². The lowest BCUT2D eigenvalue weighted by molar-refractivity contribution is 0.315. The summed E-state index contributed by atoms with van der Waals surface area (Å²) in [5.74, 6) is 0.773. The average molecular weight is 292 g/mol. The maximum atomic E-state index is 6.22. The number of nitrogens with one attached hydrogen (secondary N) is 1. The van der Waals surface area contributed by atoms with Crippen LogP contribution in [-0.2, 0) is 0 Å². The molecule has 4 nitrogen and oxygen atoms in total. The lowest BCUT2D eigenvalue weighted by Crippen LogP contribution is -2.18. The highest BCUT2D eigenvalue weighted by atomic mass is 35.5. The van der Waals surface area contributed by atoms with Gasteiger partial charge in [0.15, 0.2) is 0 Å². The number of rotatable bonds is 6. The first-order chi connectivity index (χ1) is 9.76. The topological polar surface area (TPSA) is 47.0 Å². The first-order valence-corrected chi connectivity index (χ1v) is 6.98. The summed E-state index contributed by atoms with van der Waals surface area (Å²) in [7, 11) is 1.89. The highest BCUT2D eigenvalue weighted by Crippen LogP contribution is 2.28. The van der Waals surface area contributed by atoms with E-state index in [-0.39, 0.29) is 6.04 Å². The van der Waals surface area contributed by atoms with Gasteiger partial charge in [0.2, 0.25) is 0 Å². The Hall–Kier alpha value is -1.65. The van der Waals surface area contributed by atoms with Crippen molar-refractivity contribution in [1.82, 2.24) is 15.3 Å². The maximum absolute atomic E-state index is 6.22. The molecule has 0 amide bonds. The van der Waals surface area contributed by atoms with E-state index in [2.05, 4.69) is 22.2 Å². The minimum absolute atomic E-state index is 0.0387. The fourth-order valence-electron chi connectivity index (χ4n) is 2.01. The van der Waals surface area contributed by atoms with Crippen molar-refractivity contribution in [3.05, 3.63) is 53.1 Å². The van der Waals surface area contributed by atoms with Gasteiger partial charge in [-0.2, -0.15) is 0 Å². The lowest BCUT2D eigenvalue weighted by atomic mass is 10.0. The monoisotopic (exact) mass is 291 g/mol. The van der Waals surface area contributed by atoms with E-state index in [0.29, 0.717) is 11.6 Å². The van der Waals surface area contributed by atoms with Gasteiger partial charge in [-0.05, 0) is 36.7 Å². The smallest absolute Gasteiger partial charge is 0.137 e. The number of hydrogen-bond donors (Lipinski definition) is 1. The second kappa shape index (κ2) is 7.22. The number of aromatic nitrogens is 2. The van der Waals surface area contributed by atoms with E-state index in [0.717, 1.165) is 23.3 Å². The van der Waals surface area contributed by atoms with Crippen molar-refractivity contribution in [3.8, 4) is 5.75 Å². The zero-order valence-corrected chi connectivity index (χ0v) is 12.4. The van der Waals surface area contributed by atoms with Crippen molar-refractivity contribution < 1.29 is 4.74 Å². The molecule has 0 saturated carbocycles. The third-order valence-corrected chi connectivity index (χ3v) is 3.26. The Morgan fingerprint density at radius 2 is 2.15 bits per heavy atom. The molecular weight excluding hydrogens is 274 g/mol. The van der Waals surface area contributed by atoms with Crippen LogP contribution in [-0.4, -0.2) is 23.6 Å². The van der Waals surface area contributed by atoms with Crippen molar-refractivity contribution in [2.45, 2.75) is 19.4 Å². The summed E-state index contributed by atoms with van der Waals surface area (Å²) in [6, 6.07) is 3.85. The van der Waals surface area contributed by atoms with Gasteiger partial charge in [0, 0.05) is 18.6 Å². The minimum atomic E-state index is -0.0387. The molecule has 106 valence electrons. The fourth-order valence-corrected chi connectivity index (χ4v) is 2.24. The van der Waals surface area contributed by atoms with Gasteiger partial charge >= 0.3 is 0 Å². The van der Waals surface area contributed by atoms with Crippen LogP contribution in [0.5, 0.6) is 5.75 Å². The molecular formula is C15H18ClN3O. The van der Waals surface area contributed by atoms with Crippen LogP contribution in [0.25, 0.3) is 0 Å². The molecule has 0 radical (unpaired) electrons. The van der Waals surface area contributed by atoms with E-state index >= 15 is 0 Å². The van der Waals surface area contributed by atoms with Crippen molar-refractivity contribution in [1.29, 1.82) is 0 Å². The van der Waals surface area contributed by atoms with E-state index in [4.69, 9.17) is 16.3 Å². The van der Waals surface area contributed by atoms with E-state index in [1.165, 1.54) is 0 Å². The molecule has 0 fully saturated rings. The van der Waals surface area contributed by atoms with Gasteiger partial charge in [-0.25, -0.2) is 0 Å². The van der Waals surface area contributed by atoms with Gasteiger partial charge in [0.1, 0.15) is 5.75 Å². The van der Waals surface area contributed by atoms with Crippen LogP contribution in [0.4, 0.5) is 0 Å². The Morgan fingerprint density at radius 1 is 1.30 bits per heavy atom. The molecule has 2 aromatic rings. The summed E-state index contributed by atoms with van der Waals surface area (Å²) < 4.78 is 5.62. The van der Waals surface area contributed by atoms with Crippen LogP contribution in [0, 0.1) is 0 Å². The highest BCUT2D eigenvalue weighted by molar-refractivity contribution is 6.31. The summed E-state index contributed by atoms with van der Waals surface area (Å²) in [5, 5.41) is 3.88. The summed E-state index contributed by atoms with van der Waals surface area (Å²) in [6.45, 7) is 2.76. The Balaban J connectivity index is 2.30. The number of pyridine rings is 2. The van der Waals surface area contributed by atoms with Gasteiger partial charge in [-0.15, -0.1) is 0 Å². The molecule has 2 heterocycles. The molecule has 0 aromatic carbocycles. The minimum Gasteiger partial charge on any atom is -0.492 e. The number of nitrogens with zero attached hydrogens (tertiary/aromatic N) is 2. The van der Waals surface area contributed by atoms with Crippen LogP contribution < -0.4 is 10.1 Å². The first-order valence-electron chi connectivity index (χ1n) is 6.60. The predicted octanol–water partition coefficient (Wildman–Crippen LogP) is 3.23. The Labute approximate surface area is 124 Å². The first kappa shape index (κ1) is 14.8. The normalized spacial score (nSPS) is 12.2. The summed E-state index contributed by atoms with van der Waals surface area (Å²) in [5.41, 5.74) is 1.98. The largest absolute Gasteiger partial charge is 0.492 e. The van der Waals surface area contributed by atoms with Crippen molar-refractivity contribution in [3.63, 3.8) is 0 Å². The summed E-state index contributed by atoms with van der Waals surface area (Å²) >= 11 is 6.22. The van der Waals surface area contributed by atoms with Crippen LogP contribution in [0.15, 0.2) is 36.9 Å². The molecule has 20 heavy (non-hydrogen) atoms. The summed E-state index contributed by atoms with van der Waals surface area (Å²) in [6.07, 6.45) is 7.88. The molecule has 0 aliphatic rings. The highest BCUT2D eigenvalue weighted by Gasteiger charge is 2.16. The van der Waals surface area contributed by atoms with E-state index < -0.39 is 0 Å². The molecule has 2 aromatic heterocycles. The molecule has 2 rings (SSSR count). The fraction of sp³-hybridized carbons (Fsp3) is 0.333. The SMILES string of the molecule is CCCOc1cncc(C(NC)c2ccncc2Cl)c1. The Morgan fingerprint density at radius 3 is 2.85 bits per heavy atom. The van der Waals surface area contributed by atoms with Gasteiger partial charge in [-0.3, -0.25) is 9.97 Å². The molecule has 1 unspecified atom stereocenters. The number of ether oxygens (including phenoxy) is 1. The predicted molar refractivity (Wildman–Crippen MR) is 80.2 cm³/mol. The van der Waals surface area contributed by atoms with Crippen molar-refractivity contribution >= 4 is 11.6 Å². The van der Waals surface area contributed by atoms with Gasteiger partial charge in [0.05, 0.1) is 23.9 Å². The van der Waals surface area contributed by atoms with Crippen molar-refractivity contribution in [2.24, 2.45) is 0 Å². The Kier molecular flexibility index (Phi) is 5.32. The zero-order chi connectivity index (χ0) is 14.4. The molecule has 5 heteroatoms. The van der Waals surface area contributed by atoms with E-state index in [1.54, 1.807) is 18.6 Å². The molecule has 0 saturated heterocycles. The van der Waals surface area contributed by atoms with Gasteiger partial charge in [0.25, 0.3) is 0 Å². The van der Waals surface area contributed by atoms with Gasteiger partial charge < -0.3 is 10.1 Å².